The normalized spacial score (nSPS) is 20.0. The highest BCUT2D eigenvalue weighted by molar-refractivity contribution is 7.11. The minimum absolute atomic E-state index is 0.0376. The molecule has 0 saturated heterocycles. The number of pyridine rings is 1. The average molecular weight is 776 g/mol. The first-order valence-corrected chi connectivity index (χ1v) is 19.6. The van der Waals surface area contributed by atoms with Gasteiger partial charge in [-0.25, -0.2) is 0 Å². The summed E-state index contributed by atoms with van der Waals surface area (Å²) in [5.41, 5.74) is 7.28. The number of hydrogen-bond donors (Lipinski definition) is 0. The number of ketones is 4. The number of hydrogen-bond acceptors (Lipinski definition) is 8. The van der Waals surface area contributed by atoms with E-state index in [-0.39, 0.29) is 47.3 Å². The van der Waals surface area contributed by atoms with E-state index in [0.29, 0.717) is 18.4 Å². The lowest BCUT2D eigenvalue weighted by Crippen LogP contribution is -2.19. The Morgan fingerprint density at radius 2 is 1.11 bits per heavy atom. The van der Waals surface area contributed by atoms with Crippen molar-refractivity contribution in [2.45, 2.75) is 125 Å². The van der Waals surface area contributed by atoms with Gasteiger partial charge in [0.15, 0.2) is 11.6 Å². The SMILES string of the molecule is CC.Cc1cc(C)c(C2C(=O)CC(Cc3ccc(C(F)(F)F)nc3)C2=O)c(C)c1.Cc1cc(C)c(C2C(=O)CC(Cc3nnc(C(C)(C)C)s3)C2=O)c(C)c1. The third-order valence-corrected chi connectivity index (χ3v) is 11.5. The number of Topliss-reactive ketones (excluding diaryl/α,β-unsaturated/α-hetero) is 4. The molecule has 0 N–H and O–H groups in total. The van der Waals surface area contributed by atoms with Crippen LogP contribution in [0.4, 0.5) is 13.2 Å². The van der Waals surface area contributed by atoms with Crippen molar-refractivity contribution >= 4 is 34.5 Å². The fraction of sp³-hybridized carbons (Fsp3) is 0.477. The third-order valence-electron chi connectivity index (χ3n) is 10.1. The summed E-state index contributed by atoms with van der Waals surface area (Å²) in [6.07, 6.45) is -2.22. The van der Waals surface area contributed by atoms with Crippen LogP contribution in [0.25, 0.3) is 0 Å². The highest BCUT2D eigenvalue weighted by atomic mass is 32.1. The number of aromatic nitrogens is 3. The molecule has 2 fully saturated rings. The van der Waals surface area contributed by atoms with Gasteiger partial charge >= 0.3 is 6.18 Å². The molecule has 0 bridgehead atoms. The van der Waals surface area contributed by atoms with E-state index in [0.717, 1.165) is 66.8 Å². The average Bonchev–Trinajstić information content (AvgIpc) is 3.74. The summed E-state index contributed by atoms with van der Waals surface area (Å²) < 4.78 is 37.9. The Hall–Kier alpha value is -4.38. The molecule has 294 valence electrons. The van der Waals surface area contributed by atoms with Crippen molar-refractivity contribution in [3.8, 4) is 0 Å². The molecule has 2 aromatic carbocycles. The second-order valence-electron chi connectivity index (χ2n) is 15.7. The topological polar surface area (TPSA) is 107 Å². The van der Waals surface area contributed by atoms with E-state index in [4.69, 9.17) is 0 Å². The standard InChI is InChI=1S/C21H20F3NO2.C21H26N2O2S.C2H6/c1-11-6-12(2)18(13(3)7-11)19-16(26)9-15(20(19)27)8-14-4-5-17(25-10-14)21(22,23)24;1-11-7-12(2)17(13(3)8-11)18-15(24)9-14(19(18)25)10-16-22-23-20(26-16)21(4,5)6;1-2/h4-7,10,15,19H,8-9H2,1-3H3;7-8,14,18H,9-10H2,1-6H3;1-2H3. The van der Waals surface area contributed by atoms with Crippen molar-refractivity contribution in [2.24, 2.45) is 11.8 Å². The maximum atomic E-state index is 13.0. The molecule has 6 rings (SSSR count). The van der Waals surface area contributed by atoms with Crippen LogP contribution < -0.4 is 0 Å². The lowest BCUT2D eigenvalue weighted by molar-refractivity contribution is -0.141. The Morgan fingerprint density at radius 1 is 0.673 bits per heavy atom. The Morgan fingerprint density at radius 3 is 1.47 bits per heavy atom. The first-order valence-electron chi connectivity index (χ1n) is 18.8. The third kappa shape index (κ3) is 9.90. The molecule has 11 heteroatoms. The van der Waals surface area contributed by atoms with E-state index in [1.165, 1.54) is 6.07 Å². The highest BCUT2D eigenvalue weighted by Gasteiger charge is 2.44. The largest absolute Gasteiger partial charge is 0.433 e. The van der Waals surface area contributed by atoms with Crippen LogP contribution in [0.15, 0.2) is 42.6 Å². The highest BCUT2D eigenvalue weighted by Crippen LogP contribution is 2.40. The zero-order chi connectivity index (χ0) is 41.2. The summed E-state index contributed by atoms with van der Waals surface area (Å²) >= 11 is 1.55. The van der Waals surface area contributed by atoms with Crippen LogP contribution in [0.3, 0.4) is 0 Å². The number of rotatable bonds is 6. The van der Waals surface area contributed by atoms with Crippen molar-refractivity contribution in [3.63, 3.8) is 0 Å². The van der Waals surface area contributed by atoms with E-state index in [1.807, 2.05) is 67.5 Å². The second kappa shape index (κ2) is 17.2. The minimum Gasteiger partial charge on any atom is -0.298 e. The summed E-state index contributed by atoms with van der Waals surface area (Å²) in [6.45, 7) is 22.1. The molecule has 4 unspecified atom stereocenters. The van der Waals surface area contributed by atoms with Gasteiger partial charge in [-0.15, -0.1) is 21.5 Å². The Bertz CT molecular complexity index is 2030. The molecule has 4 atom stereocenters. The van der Waals surface area contributed by atoms with Crippen molar-refractivity contribution in [1.29, 1.82) is 0 Å². The first kappa shape index (κ1) is 43.3. The molecule has 2 aliphatic carbocycles. The van der Waals surface area contributed by atoms with E-state index >= 15 is 0 Å². The van der Waals surface area contributed by atoms with Crippen LogP contribution in [0.1, 0.15) is 125 Å². The van der Waals surface area contributed by atoms with E-state index < -0.39 is 29.6 Å². The fourth-order valence-corrected chi connectivity index (χ4v) is 8.78. The number of halogens is 3. The van der Waals surface area contributed by atoms with Crippen LogP contribution in [-0.2, 0) is 43.6 Å². The second-order valence-corrected chi connectivity index (χ2v) is 16.8. The Balaban J connectivity index is 0.000000234. The van der Waals surface area contributed by atoms with Gasteiger partial charge in [-0.1, -0.05) is 76.1 Å². The number of benzene rings is 2. The Labute approximate surface area is 326 Å². The predicted octanol–water partition coefficient (Wildman–Crippen LogP) is 9.78. The molecule has 55 heavy (non-hydrogen) atoms. The lowest BCUT2D eigenvalue weighted by Gasteiger charge is -2.16. The maximum absolute atomic E-state index is 13.0. The molecule has 2 aromatic heterocycles. The molecule has 2 aliphatic rings. The van der Waals surface area contributed by atoms with Gasteiger partial charge in [0.1, 0.15) is 39.1 Å². The zero-order valence-corrected chi connectivity index (χ0v) is 34.5. The van der Waals surface area contributed by atoms with Crippen LogP contribution in [0, 0.1) is 53.4 Å². The smallest absolute Gasteiger partial charge is 0.298 e. The van der Waals surface area contributed by atoms with Gasteiger partial charge in [-0.2, -0.15) is 13.2 Å². The number of nitrogens with zero attached hydrogens (tertiary/aromatic N) is 3. The van der Waals surface area contributed by atoms with Crippen LogP contribution >= 0.6 is 11.3 Å². The summed E-state index contributed by atoms with van der Waals surface area (Å²) in [5, 5.41) is 10.3. The Kier molecular flexibility index (Phi) is 13.5. The molecule has 7 nitrogen and oxygen atoms in total. The van der Waals surface area contributed by atoms with Gasteiger partial charge in [0.05, 0.1) is 0 Å². The van der Waals surface area contributed by atoms with Gasteiger partial charge in [-0.3, -0.25) is 24.2 Å². The molecular formula is C44H52F3N3O4S. The zero-order valence-electron chi connectivity index (χ0n) is 33.7. The van der Waals surface area contributed by atoms with Crippen LogP contribution in [-0.4, -0.2) is 38.3 Å². The van der Waals surface area contributed by atoms with Gasteiger partial charge in [-0.05, 0) is 93.0 Å². The molecule has 0 radical (unpaired) electrons. The quantitative estimate of drug-likeness (QED) is 0.180. The van der Waals surface area contributed by atoms with E-state index in [1.54, 1.807) is 11.3 Å². The fourth-order valence-electron chi connectivity index (χ4n) is 7.80. The predicted molar refractivity (Wildman–Crippen MR) is 210 cm³/mol. The molecule has 0 spiro atoms. The van der Waals surface area contributed by atoms with E-state index in [2.05, 4.69) is 48.1 Å². The van der Waals surface area contributed by atoms with Crippen molar-refractivity contribution in [1.82, 2.24) is 15.2 Å². The van der Waals surface area contributed by atoms with E-state index in [9.17, 15) is 32.3 Å². The number of alkyl halides is 3. The minimum atomic E-state index is -4.50. The summed E-state index contributed by atoms with van der Waals surface area (Å²) in [4.78, 5) is 54.7. The number of aryl methyl sites for hydroxylation is 6. The molecule has 4 aromatic rings. The van der Waals surface area contributed by atoms with Gasteiger partial charge in [0, 0.05) is 42.7 Å². The molecule has 2 heterocycles. The number of carbonyl (C=O) groups excluding carboxylic acids is 4. The molecule has 0 amide bonds. The monoisotopic (exact) mass is 775 g/mol. The molecular weight excluding hydrogens is 724 g/mol. The maximum Gasteiger partial charge on any atom is 0.433 e. The van der Waals surface area contributed by atoms with Crippen molar-refractivity contribution in [2.75, 3.05) is 0 Å². The summed E-state index contributed by atoms with van der Waals surface area (Å²) in [5.74, 6) is -2.41. The molecule has 0 aliphatic heterocycles. The van der Waals surface area contributed by atoms with Gasteiger partial charge < -0.3 is 0 Å². The lowest BCUT2D eigenvalue weighted by atomic mass is 9.86. The van der Waals surface area contributed by atoms with Crippen molar-refractivity contribution in [3.05, 3.63) is 108 Å². The first-order chi connectivity index (χ1) is 25.6. The van der Waals surface area contributed by atoms with Crippen molar-refractivity contribution < 1.29 is 32.3 Å². The van der Waals surface area contributed by atoms with Gasteiger partial charge in [0.2, 0.25) is 0 Å². The summed E-state index contributed by atoms with van der Waals surface area (Å²) in [7, 11) is 0. The van der Waals surface area contributed by atoms with Crippen LogP contribution in [0.2, 0.25) is 0 Å². The van der Waals surface area contributed by atoms with Gasteiger partial charge in [0.25, 0.3) is 0 Å². The molecule has 2 saturated carbocycles. The summed E-state index contributed by atoms with van der Waals surface area (Å²) in [6, 6.07) is 10.2. The number of carbonyl (C=O) groups is 4. The van der Waals surface area contributed by atoms with Crippen LogP contribution in [0.5, 0.6) is 0 Å².